The van der Waals surface area contributed by atoms with Gasteiger partial charge in [-0.05, 0) is 0 Å². The molecule has 4 nitrogen and oxygen atoms in total. The van der Waals surface area contributed by atoms with Crippen molar-refractivity contribution in [1.29, 1.82) is 0 Å². The summed E-state index contributed by atoms with van der Waals surface area (Å²) in [5, 5.41) is 0. The lowest BCUT2D eigenvalue weighted by Gasteiger charge is -2.04. The van der Waals surface area contributed by atoms with Crippen molar-refractivity contribution in [2.45, 2.75) is 20.3 Å². The molecule has 4 heteroatoms. The number of hydrogen-bond donors (Lipinski definition) is 1. The number of carbonyl (C=O) groups is 2. The highest BCUT2D eigenvalue weighted by Crippen LogP contribution is 1.95. The second-order valence-electron chi connectivity index (χ2n) is 2.54. The largest absolute Gasteiger partial charge is 0.465 e. The van der Waals surface area contributed by atoms with Gasteiger partial charge >= 0.3 is 5.97 Å². The van der Waals surface area contributed by atoms with Crippen molar-refractivity contribution >= 4 is 11.9 Å². The summed E-state index contributed by atoms with van der Waals surface area (Å²) in [7, 11) is 0. The highest BCUT2D eigenvalue weighted by atomic mass is 16.5. The van der Waals surface area contributed by atoms with Gasteiger partial charge in [-0.1, -0.05) is 13.8 Å². The first-order valence-electron chi connectivity index (χ1n) is 3.49. The van der Waals surface area contributed by atoms with Gasteiger partial charge < -0.3 is 10.5 Å². The van der Waals surface area contributed by atoms with Crippen LogP contribution in [0, 0.1) is 5.92 Å². The standard InChI is InChI=1S/C7H13NO3/c1-5(2)7(10)11-4-3-6(8)9/h5H,3-4H2,1-2H3,(H2,8,9). The number of carbonyl (C=O) groups excluding carboxylic acids is 2. The summed E-state index contributed by atoms with van der Waals surface area (Å²) in [4.78, 5) is 20.9. The van der Waals surface area contributed by atoms with E-state index in [1.54, 1.807) is 13.8 Å². The molecule has 0 radical (unpaired) electrons. The molecule has 0 aliphatic carbocycles. The van der Waals surface area contributed by atoms with E-state index in [9.17, 15) is 9.59 Å². The molecular weight excluding hydrogens is 146 g/mol. The van der Waals surface area contributed by atoms with E-state index in [2.05, 4.69) is 4.74 Å². The third-order valence-corrected chi connectivity index (χ3v) is 1.06. The summed E-state index contributed by atoms with van der Waals surface area (Å²) in [5.41, 5.74) is 4.82. The lowest BCUT2D eigenvalue weighted by atomic mass is 10.2. The van der Waals surface area contributed by atoms with Crippen molar-refractivity contribution in [1.82, 2.24) is 0 Å². The van der Waals surface area contributed by atoms with Gasteiger partial charge in [0.25, 0.3) is 0 Å². The van der Waals surface area contributed by atoms with Crippen molar-refractivity contribution in [3.63, 3.8) is 0 Å². The van der Waals surface area contributed by atoms with E-state index >= 15 is 0 Å². The van der Waals surface area contributed by atoms with Crippen molar-refractivity contribution in [2.75, 3.05) is 6.61 Å². The third-order valence-electron chi connectivity index (χ3n) is 1.06. The average molecular weight is 159 g/mol. The Bertz CT molecular complexity index is 154. The zero-order chi connectivity index (χ0) is 8.85. The Balaban J connectivity index is 3.39. The van der Waals surface area contributed by atoms with Crippen LogP contribution in [0.1, 0.15) is 20.3 Å². The minimum Gasteiger partial charge on any atom is -0.465 e. The molecule has 0 saturated heterocycles. The predicted molar refractivity (Wildman–Crippen MR) is 39.6 cm³/mol. The molecule has 0 aromatic rings. The summed E-state index contributed by atoms with van der Waals surface area (Å²) in [5.74, 6) is -0.907. The number of primary amides is 1. The molecule has 2 N–H and O–H groups in total. The zero-order valence-corrected chi connectivity index (χ0v) is 6.79. The van der Waals surface area contributed by atoms with E-state index < -0.39 is 5.91 Å². The molecule has 0 aromatic carbocycles. The second-order valence-corrected chi connectivity index (χ2v) is 2.54. The van der Waals surface area contributed by atoms with Gasteiger partial charge in [0.15, 0.2) is 0 Å². The summed E-state index contributed by atoms with van der Waals surface area (Å²) in [6, 6.07) is 0. The SMILES string of the molecule is CC(C)C(=O)OCCC(N)=O. The fourth-order valence-electron chi connectivity index (χ4n) is 0.419. The van der Waals surface area contributed by atoms with E-state index in [0.29, 0.717) is 0 Å². The Morgan fingerprint density at radius 1 is 1.45 bits per heavy atom. The molecule has 0 spiro atoms. The van der Waals surface area contributed by atoms with Crippen LogP contribution in [0.15, 0.2) is 0 Å². The first-order chi connectivity index (χ1) is 5.04. The number of amides is 1. The lowest BCUT2D eigenvalue weighted by molar-refractivity contribution is -0.147. The van der Waals surface area contributed by atoms with Crippen LogP contribution < -0.4 is 5.73 Å². The molecule has 0 heterocycles. The molecule has 0 atom stereocenters. The minimum atomic E-state index is -0.457. The molecule has 1 amide bonds. The third kappa shape index (κ3) is 5.39. The number of hydrogen-bond acceptors (Lipinski definition) is 3. The van der Waals surface area contributed by atoms with Gasteiger partial charge in [0.1, 0.15) is 6.61 Å². The molecular formula is C7H13NO3. The molecule has 0 bridgehead atoms. The maximum absolute atomic E-state index is 10.7. The Morgan fingerprint density at radius 3 is 2.36 bits per heavy atom. The molecule has 0 aliphatic heterocycles. The van der Waals surface area contributed by atoms with Crippen LogP contribution in [0.2, 0.25) is 0 Å². The van der Waals surface area contributed by atoms with Gasteiger partial charge in [0, 0.05) is 0 Å². The molecule has 0 saturated carbocycles. The van der Waals surface area contributed by atoms with Crippen molar-refractivity contribution in [2.24, 2.45) is 11.7 Å². The molecule has 0 unspecified atom stereocenters. The van der Waals surface area contributed by atoms with Crippen LogP contribution in [0.5, 0.6) is 0 Å². The van der Waals surface area contributed by atoms with Crippen molar-refractivity contribution in [3.05, 3.63) is 0 Å². The number of nitrogens with two attached hydrogens (primary N) is 1. The van der Waals surface area contributed by atoms with Gasteiger partial charge in [-0.25, -0.2) is 0 Å². The molecule has 0 rings (SSSR count). The molecule has 0 aromatic heterocycles. The topological polar surface area (TPSA) is 69.4 Å². The fraction of sp³-hybridized carbons (Fsp3) is 0.714. The van der Waals surface area contributed by atoms with E-state index in [1.807, 2.05) is 0 Å². The second kappa shape index (κ2) is 4.71. The zero-order valence-electron chi connectivity index (χ0n) is 6.79. The van der Waals surface area contributed by atoms with Crippen LogP contribution in [0.25, 0.3) is 0 Å². The minimum absolute atomic E-state index is 0.0896. The first-order valence-corrected chi connectivity index (χ1v) is 3.49. The summed E-state index contributed by atoms with van der Waals surface area (Å²) in [6.45, 7) is 3.55. The van der Waals surface area contributed by atoms with Crippen molar-refractivity contribution < 1.29 is 14.3 Å². The molecule has 0 fully saturated rings. The monoisotopic (exact) mass is 159 g/mol. The predicted octanol–water partition coefficient (Wildman–Crippen LogP) is 0.0610. The van der Waals surface area contributed by atoms with Gasteiger partial charge in [0.05, 0.1) is 12.3 Å². The lowest BCUT2D eigenvalue weighted by Crippen LogP contribution is -2.17. The van der Waals surface area contributed by atoms with Crippen LogP contribution in [-0.4, -0.2) is 18.5 Å². The van der Waals surface area contributed by atoms with Gasteiger partial charge in [0.2, 0.25) is 5.91 Å². The number of ether oxygens (including phenoxy) is 1. The molecule has 11 heavy (non-hydrogen) atoms. The van der Waals surface area contributed by atoms with Gasteiger partial charge in [-0.3, -0.25) is 9.59 Å². The van der Waals surface area contributed by atoms with Crippen LogP contribution in [0.4, 0.5) is 0 Å². The smallest absolute Gasteiger partial charge is 0.308 e. The Morgan fingerprint density at radius 2 is 2.00 bits per heavy atom. The summed E-state index contributed by atoms with van der Waals surface area (Å²) < 4.78 is 4.67. The van der Waals surface area contributed by atoms with Crippen LogP contribution >= 0.6 is 0 Å². The summed E-state index contributed by atoms with van der Waals surface area (Å²) in [6.07, 6.45) is 0.0957. The van der Waals surface area contributed by atoms with Crippen LogP contribution in [-0.2, 0) is 14.3 Å². The Hall–Kier alpha value is -1.06. The highest BCUT2D eigenvalue weighted by Gasteiger charge is 2.07. The Labute approximate surface area is 65.7 Å². The number of rotatable bonds is 4. The van der Waals surface area contributed by atoms with Gasteiger partial charge in [-0.15, -0.1) is 0 Å². The molecule has 0 aliphatic rings. The van der Waals surface area contributed by atoms with E-state index in [-0.39, 0.29) is 24.9 Å². The molecule has 64 valence electrons. The first kappa shape index (κ1) is 9.94. The number of esters is 1. The van der Waals surface area contributed by atoms with Gasteiger partial charge in [-0.2, -0.15) is 0 Å². The van der Waals surface area contributed by atoms with E-state index in [4.69, 9.17) is 5.73 Å². The quantitative estimate of drug-likeness (QED) is 0.590. The van der Waals surface area contributed by atoms with E-state index in [0.717, 1.165) is 0 Å². The highest BCUT2D eigenvalue weighted by molar-refractivity contribution is 5.75. The Kier molecular flexibility index (Phi) is 4.26. The fourth-order valence-corrected chi connectivity index (χ4v) is 0.419. The maximum atomic E-state index is 10.7. The normalized spacial score (nSPS) is 9.73. The summed E-state index contributed by atoms with van der Waals surface area (Å²) >= 11 is 0. The van der Waals surface area contributed by atoms with Crippen LogP contribution in [0.3, 0.4) is 0 Å². The average Bonchev–Trinajstić information content (AvgIpc) is 1.86. The van der Waals surface area contributed by atoms with E-state index in [1.165, 1.54) is 0 Å². The maximum Gasteiger partial charge on any atom is 0.308 e. The van der Waals surface area contributed by atoms with Crippen molar-refractivity contribution in [3.8, 4) is 0 Å².